The summed E-state index contributed by atoms with van der Waals surface area (Å²) < 4.78 is 19.4. The SMILES string of the molecule is c1ccc2c(c1)oc1cc(-c3c4ccccc4c(-c4cc5ccc6c7ccccc7oc6c5o4)c4ccccc34)ccc12. The van der Waals surface area contributed by atoms with Gasteiger partial charge in [0.2, 0.25) is 0 Å². The number of para-hydroxylation sites is 2. The minimum absolute atomic E-state index is 0.774. The van der Waals surface area contributed by atoms with Crippen molar-refractivity contribution in [3.63, 3.8) is 0 Å². The van der Waals surface area contributed by atoms with Gasteiger partial charge in [0.05, 0.1) is 0 Å². The van der Waals surface area contributed by atoms with Gasteiger partial charge in [-0.25, -0.2) is 0 Å². The van der Waals surface area contributed by atoms with Crippen LogP contribution in [0.2, 0.25) is 0 Å². The molecule has 3 heterocycles. The molecule has 0 saturated carbocycles. The number of hydrogen-bond donors (Lipinski definition) is 0. The van der Waals surface area contributed by atoms with Gasteiger partial charge in [0.1, 0.15) is 22.5 Å². The minimum Gasteiger partial charge on any atom is -0.456 e. The van der Waals surface area contributed by atoms with E-state index in [4.69, 9.17) is 13.3 Å². The lowest BCUT2D eigenvalue weighted by molar-refractivity contribution is 0.612. The molecule has 0 amide bonds. The zero-order valence-electron chi connectivity index (χ0n) is 22.9. The van der Waals surface area contributed by atoms with E-state index in [1.807, 2.05) is 30.3 Å². The standard InChI is InChI=1S/C40H22O3/c1-3-13-30-28(11-1)37(23-17-19-27-25-9-5-7-15-33(25)41-35(27)21-23)29-12-2-4-14-31(29)38(30)36-22-24-18-20-32-26-10-6-8-16-34(26)42-40(32)39(24)43-36/h1-22H. The molecule has 7 aromatic carbocycles. The molecule has 43 heavy (non-hydrogen) atoms. The monoisotopic (exact) mass is 550 g/mol. The first kappa shape index (κ1) is 22.8. The second-order valence-corrected chi connectivity index (χ2v) is 11.2. The van der Waals surface area contributed by atoms with Crippen LogP contribution in [-0.4, -0.2) is 0 Å². The van der Waals surface area contributed by atoms with Gasteiger partial charge in [-0.3, -0.25) is 0 Å². The van der Waals surface area contributed by atoms with Gasteiger partial charge in [-0.05, 0) is 69.1 Å². The fraction of sp³-hybridized carbons (Fsp3) is 0. The molecule has 0 aliphatic heterocycles. The summed E-state index contributed by atoms with van der Waals surface area (Å²) >= 11 is 0. The number of rotatable bonds is 2. The average molecular weight is 551 g/mol. The first-order chi connectivity index (χ1) is 21.3. The third-order valence-corrected chi connectivity index (χ3v) is 8.88. The first-order valence-electron chi connectivity index (χ1n) is 14.5. The normalized spacial score (nSPS) is 12.2. The van der Waals surface area contributed by atoms with E-state index in [1.165, 1.54) is 16.3 Å². The molecular formula is C40H22O3. The topological polar surface area (TPSA) is 39.4 Å². The van der Waals surface area contributed by atoms with Gasteiger partial charge in [0.25, 0.3) is 0 Å². The second-order valence-electron chi connectivity index (χ2n) is 11.2. The van der Waals surface area contributed by atoms with Crippen LogP contribution in [0.1, 0.15) is 0 Å². The predicted octanol–water partition coefficient (Wildman–Crippen LogP) is 11.9. The van der Waals surface area contributed by atoms with Crippen molar-refractivity contribution in [2.45, 2.75) is 0 Å². The summed E-state index contributed by atoms with van der Waals surface area (Å²) in [6.07, 6.45) is 0. The van der Waals surface area contributed by atoms with Crippen LogP contribution in [0.3, 0.4) is 0 Å². The number of furan rings is 3. The van der Waals surface area contributed by atoms with E-state index >= 15 is 0 Å². The average Bonchev–Trinajstić information content (AvgIpc) is 3.76. The van der Waals surface area contributed by atoms with Crippen LogP contribution in [0.5, 0.6) is 0 Å². The Kier molecular flexibility index (Phi) is 4.45. The molecule has 0 unspecified atom stereocenters. The van der Waals surface area contributed by atoms with Crippen molar-refractivity contribution in [2.24, 2.45) is 0 Å². The van der Waals surface area contributed by atoms with Crippen molar-refractivity contribution in [1.29, 1.82) is 0 Å². The molecule has 0 radical (unpaired) electrons. The van der Waals surface area contributed by atoms with Gasteiger partial charge in [0.15, 0.2) is 11.2 Å². The molecule has 3 nitrogen and oxygen atoms in total. The first-order valence-corrected chi connectivity index (χ1v) is 14.5. The molecule has 10 aromatic rings. The van der Waals surface area contributed by atoms with Crippen molar-refractivity contribution in [1.82, 2.24) is 0 Å². The molecule has 0 fully saturated rings. The third-order valence-electron chi connectivity index (χ3n) is 8.88. The molecule has 0 bridgehead atoms. The van der Waals surface area contributed by atoms with E-state index in [0.717, 1.165) is 82.5 Å². The Bertz CT molecular complexity index is 2680. The summed E-state index contributed by atoms with van der Waals surface area (Å²) in [5, 5.41) is 10.1. The van der Waals surface area contributed by atoms with Crippen molar-refractivity contribution in [2.75, 3.05) is 0 Å². The highest BCUT2D eigenvalue weighted by molar-refractivity contribution is 6.22. The van der Waals surface area contributed by atoms with Crippen molar-refractivity contribution in [3.05, 3.63) is 133 Å². The summed E-state index contributed by atoms with van der Waals surface area (Å²) in [6.45, 7) is 0. The summed E-state index contributed by atoms with van der Waals surface area (Å²) in [4.78, 5) is 0. The summed E-state index contributed by atoms with van der Waals surface area (Å²) in [5.41, 5.74) is 7.62. The second kappa shape index (κ2) is 8.37. The van der Waals surface area contributed by atoms with E-state index in [9.17, 15) is 0 Å². The quantitative estimate of drug-likeness (QED) is 0.201. The molecule has 0 spiro atoms. The van der Waals surface area contributed by atoms with Crippen LogP contribution in [0.4, 0.5) is 0 Å². The Morgan fingerprint density at radius 3 is 1.56 bits per heavy atom. The summed E-state index contributed by atoms with van der Waals surface area (Å²) in [5.74, 6) is 0.828. The van der Waals surface area contributed by atoms with E-state index in [2.05, 4.69) is 103 Å². The number of hydrogen-bond acceptors (Lipinski definition) is 3. The molecule has 0 aliphatic carbocycles. The maximum absolute atomic E-state index is 6.74. The van der Waals surface area contributed by atoms with Crippen LogP contribution in [-0.2, 0) is 0 Å². The number of fused-ring (bicyclic) bond motifs is 10. The van der Waals surface area contributed by atoms with Gasteiger partial charge in [-0.2, -0.15) is 0 Å². The zero-order valence-corrected chi connectivity index (χ0v) is 22.9. The minimum atomic E-state index is 0.774. The fourth-order valence-corrected chi connectivity index (χ4v) is 6.99. The smallest absolute Gasteiger partial charge is 0.178 e. The lowest BCUT2D eigenvalue weighted by atomic mass is 9.87. The van der Waals surface area contributed by atoms with E-state index in [-0.39, 0.29) is 0 Å². The molecule has 0 atom stereocenters. The Balaban J connectivity index is 1.27. The summed E-state index contributed by atoms with van der Waals surface area (Å²) in [6, 6.07) is 46.6. The van der Waals surface area contributed by atoms with Crippen LogP contribution in [0, 0.1) is 0 Å². The highest BCUT2D eigenvalue weighted by Crippen LogP contribution is 2.46. The van der Waals surface area contributed by atoms with E-state index in [0.29, 0.717) is 0 Å². The Morgan fingerprint density at radius 2 is 0.860 bits per heavy atom. The Morgan fingerprint density at radius 1 is 0.326 bits per heavy atom. The maximum atomic E-state index is 6.74. The molecule has 0 saturated heterocycles. The van der Waals surface area contributed by atoms with Crippen molar-refractivity contribution in [3.8, 4) is 22.5 Å². The van der Waals surface area contributed by atoms with Gasteiger partial charge >= 0.3 is 0 Å². The third kappa shape index (κ3) is 3.14. The van der Waals surface area contributed by atoms with Gasteiger partial charge < -0.3 is 13.3 Å². The van der Waals surface area contributed by atoms with Gasteiger partial charge in [-0.15, -0.1) is 0 Å². The van der Waals surface area contributed by atoms with Crippen molar-refractivity contribution >= 4 is 76.4 Å². The highest BCUT2D eigenvalue weighted by atomic mass is 16.4. The van der Waals surface area contributed by atoms with Crippen molar-refractivity contribution < 1.29 is 13.3 Å². The van der Waals surface area contributed by atoms with Crippen LogP contribution >= 0.6 is 0 Å². The van der Waals surface area contributed by atoms with Crippen LogP contribution < -0.4 is 0 Å². The Hall–Kier alpha value is -5.80. The Labute approximate surface area is 245 Å². The predicted molar refractivity (Wildman–Crippen MR) is 177 cm³/mol. The largest absolute Gasteiger partial charge is 0.456 e. The van der Waals surface area contributed by atoms with Gasteiger partial charge in [0, 0.05) is 32.5 Å². The van der Waals surface area contributed by atoms with E-state index in [1.54, 1.807) is 0 Å². The maximum Gasteiger partial charge on any atom is 0.178 e. The lowest BCUT2D eigenvalue weighted by Crippen LogP contribution is -1.89. The molecule has 3 heteroatoms. The van der Waals surface area contributed by atoms with Gasteiger partial charge in [-0.1, -0.05) is 97.1 Å². The molecule has 200 valence electrons. The molecule has 0 aliphatic rings. The summed E-state index contributed by atoms with van der Waals surface area (Å²) in [7, 11) is 0. The molecular weight excluding hydrogens is 528 g/mol. The molecule has 10 rings (SSSR count). The molecule has 3 aromatic heterocycles. The highest BCUT2D eigenvalue weighted by Gasteiger charge is 2.21. The zero-order chi connectivity index (χ0) is 28.1. The number of benzene rings is 7. The van der Waals surface area contributed by atoms with Crippen LogP contribution in [0.15, 0.2) is 147 Å². The lowest BCUT2D eigenvalue weighted by Gasteiger charge is -2.16. The molecule has 0 N–H and O–H groups in total. The van der Waals surface area contributed by atoms with E-state index < -0.39 is 0 Å². The fourth-order valence-electron chi connectivity index (χ4n) is 6.99. The van der Waals surface area contributed by atoms with Crippen LogP contribution in [0.25, 0.3) is 98.8 Å².